The highest BCUT2D eigenvalue weighted by molar-refractivity contribution is 7.99. The molecule has 164 valence electrons. The number of fused-ring (bicyclic) bond motifs is 3. The van der Waals surface area contributed by atoms with Gasteiger partial charge in [0, 0.05) is 17.1 Å². The van der Waals surface area contributed by atoms with E-state index in [9.17, 15) is 9.59 Å². The number of nitrogens with zero attached hydrogens (tertiary/aromatic N) is 3. The van der Waals surface area contributed by atoms with Crippen LogP contribution in [0.25, 0.3) is 10.2 Å². The van der Waals surface area contributed by atoms with Crippen molar-refractivity contribution in [1.29, 1.82) is 5.26 Å². The average molecular weight is 485 g/mol. The van der Waals surface area contributed by atoms with Crippen molar-refractivity contribution in [3.05, 3.63) is 62.2 Å². The summed E-state index contributed by atoms with van der Waals surface area (Å²) in [5, 5.41) is 13.2. The molecule has 1 atom stereocenters. The van der Waals surface area contributed by atoms with E-state index in [0.717, 1.165) is 35.0 Å². The molecule has 1 N–H and O–H groups in total. The highest BCUT2D eigenvalue weighted by atomic mass is 35.5. The molecule has 0 bridgehead atoms. The van der Waals surface area contributed by atoms with Gasteiger partial charge in [-0.05, 0) is 48.9 Å². The third-order valence-electron chi connectivity index (χ3n) is 5.40. The molecule has 1 aliphatic rings. The molecule has 1 unspecified atom stereocenters. The third kappa shape index (κ3) is 4.46. The quantitative estimate of drug-likeness (QED) is 0.301. The molecule has 4 rings (SSSR count). The lowest BCUT2D eigenvalue weighted by molar-refractivity contribution is -0.113. The van der Waals surface area contributed by atoms with Gasteiger partial charge in [0.2, 0.25) is 5.91 Å². The topological polar surface area (TPSA) is 87.8 Å². The van der Waals surface area contributed by atoms with Crippen molar-refractivity contribution >= 4 is 56.5 Å². The Labute approximate surface area is 198 Å². The zero-order valence-corrected chi connectivity index (χ0v) is 19.9. The van der Waals surface area contributed by atoms with E-state index in [1.807, 2.05) is 6.07 Å². The molecule has 3 aromatic rings. The zero-order chi connectivity index (χ0) is 22.8. The number of nitrogens with one attached hydrogen (secondary N) is 1. The molecule has 0 saturated heterocycles. The Morgan fingerprint density at radius 3 is 3.06 bits per heavy atom. The van der Waals surface area contributed by atoms with Gasteiger partial charge < -0.3 is 5.32 Å². The number of amides is 1. The number of anilines is 1. The van der Waals surface area contributed by atoms with Crippen LogP contribution in [0.5, 0.6) is 0 Å². The van der Waals surface area contributed by atoms with Gasteiger partial charge in [-0.1, -0.05) is 36.4 Å². The number of benzene rings is 1. The molecule has 0 aliphatic heterocycles. The second-order valence-corrected chi connectivity index (χ2v) is 10.2. The number of nitriles is 1. The molecule has 0 spiro atoms. The predicted molar refractivity (Wildman–Crippen MR) is 131 cm³/mol. The maximum Gasteiger partial charge on any atom is 0.263 e. The van der Waals surface area contributed by atoms with Crippen LogP contribution in [0, 0.1) is 17.2 Å². The number of thiophene rings is 1. The van der Waals surface area contributed by atoms with E-state index in [0.29, 0.717) is 28.9 Å². The van der Waals surface area contributed by atoms with E-state index in [1.54, 1.807) is 34.1 Å². The van der Waals surface area contributed by atoms with E-state index in [-0.39, 0.29) is 22.2 Å². The number of aryl methyl sites for hydroxylation is 1. The van der Waals surface area contributed by atoms with Crippen LogP contribution in [0.15, 0.2) is 40.8 Å². The van der Waals surface area contributed by atoms with Crippen LogP contribution in [0.1, 0.15) is 29.3 Å². The van der Waals surface area contributed by atoms with Gasteiger partial charge in [-0.2, -0.15) is 5.26 Å². The molecule has 2 heterocycles. The minimum atomic E-state index is -0.255. The fraction of sp³-hybridized carbons (Fsp3) is 0.304. The number of hydrogen-bond donors (Lipinski definition) is 1. The Bertz CT molecular complexity index is 1320. The van der Waals surface area contributed by atoms with E-state index in [1.165, 1.54) is 22.7 Å². The SMILES string of the molecule is C=CCn1c(SCC(=O)Nc2ccc(C#N)c(Cl)c2)nc2sc3c(c2c1=O)CCC(C)C3. The lowest BCUT2D eigenvalue weighted by Crippen LogP contribution is -2.24. The summed E-state index contributed by atoms with van der Waals surface area (Å²) < 4.78 is 1.59. The largest absolute Gasteiger partial charge is 0.325 e. The smallest absolute Gasteiger partial charge is 0.263 e. The second kappa shape index (κ2) is 9.49. The van der Waals surface area contributed by atoms with Crippen molar-refractivity contribution in [3.63, 3.8) is 0 Å². The number of carbonyl (C=O) groups excluding carboxylic acids is 1. The standard InChI is InChI=1S/C23H21ClN4O2S2/c1-3-8-28-22(30)20-16-7-4-13(2)9-18(16)32-21(20)27-23(28)31-12-19(29)26-15-6-5-14(11-25)17(24)10-15/h3,5-6,10,13H,1,4,7-9,12H2,2H3,(H,26,29). The van der Waals surface area contributed by atoms with Gasteiger partial charge in [-0.25, -0.2) is 4.98 Å². The minimum Gasteiger partial charge on any atom is -0.325 e. The molecule has 0 fully saturated rings. The van der Waals surface area contributed by atoms with Crippen molar-refractivity contribution in [2.45, 2.75) is 37.9 Å². The number of allylic oxidation sites excluding steroid dienone is 1. The molecule has 1 aromatic carbocycles. The number of carbonyl (C=O) groups is 1. The molecule has 2 aromatic heterocycles. The molecule has 0 saturated carbocycles. The first-order valence-corrected chi connectivity index (χ1v) is 12.4. The van der Waals surface area contributed by atoms with Gasteiger partial charge >= 0.3 is 0 Å². The van der Waals surface area contributed by atoms with Gasteiger partial charge in [-0.3, -0.25) is 14.2 Å². The van der Waals surface area contributed by atoms with Crippen LogP contribution in [0.3, 0.4) is 0 Å². The molecule has 6 nitrogen and oxygen atoms in total. The monoisotopic (exact) mass is 484 g/mol. The number of halogens is 1. The summed E-state index contributed by atoms with van der Waals surface area (Å²) in [6, 6.07) is 6.71. The fourth-order valence-electron chi connectivity index (χ4n) is 3.82. The van der Waals surface area contributed by atoms with Crippen LogP contribution in [0.4, 0.5) is 5.69 Å². The molecule has 32 heavy (non-hydrogen) atoms. The molecular formula is C23H21ClN4O2S2. The Hall–Kier alpha value is -2.60. The number of rotatable bonds is 6. The Morgan fingerprint density at radius 2 is 2.34 bits per heavy atom. The van der Waals surface area contributed by atoms with Gasteiger partial charge in [0.25, 0.3) is 5.56 Å². The van der Waals surface area contributed by atoms with Crippen LogP contribution in [-0.2, 0) is 24.2 Å². The van der Waals surface area contributed by atoms with Crippen molar-refractivity contribution in [3.8, 4) is 6.07 Å². The van der Waals surface area contributed by atoms with Crippen molar-refractivity contribution in [1.82, 2.24) is 9.55 Å². The second-order valence-electron chi connectivity index (χ2n) is 7.77. The summed E-state index contributed by atoms with van der Waals surface area (Å²) in [6.45, 7) is 6.33. The highest BCUT2D eigenvalue weighted by Gasteiger charge is 2.24. The predicted octanol–water partition coefficient (Wildman–Crippen LogP) is 5.02. The van der Waals surface area contributed by atoms with E-state index >= 15 is 0 Å². The zero-order valence-electron chi connectivity index (χ0n) is 17.5. The maximum absolute atomic E-state index is 13.3. The van der Waals surface area contributed by atoms with Crippen LogP contribution < -0.4 is 10.9 Å². The van der Waals surface area contributed by atoms with Crippen LogP contribution in [0.2, 0.25) is 5.02 Å². The van der Waals surface area contributed by atoms with E-state index in [2.05, 4.69) is 18.8 Å². The first kappa shape index (κ1) is 22.6. The van der Waals surface area contributed by atoms with Gasteiger partial charge in [0.15, 0.2) is 5.16 Å². The molecular weight excluding hydrogens is 464 g/mol. The summed E-state index contributed by atoms with van der Waals surface area (Å²) in [5.74, 6) is 0.434. The first-order chi connectivity index (χ1) is 15.4. The maximum atomic E-state index is 13.3. The summed E-state index contributed by atoms with van der Waals surface area (Å²) in [6.07, 6.45) is 4.63. The van der Waals surface area contributed by atoms with Crippen molar-refractivity contribution in [2.24, 2.45) is 5.92 Å². The number of thioether (sulfide) groups is 1. The number of aromatic nitrogens is 2. The molecule has 1 aliphatic carbocycles. The first-order valence-electron chi connectivity index (χ1n) is 10.2. The van der Waals surface area contributed by atoms with Crippen LogP contribution >= 0.6 is 34.7 Å². The van der Waals surface area contributed by atoms with Crippen molar-refractivity contribution < 1.29 is 4.79 Å². The summed E-state index contributed by atoms with van der Waals surface area (Å²) in [5.41, 5.74) is 1.93. The average Bonchev–Trinajstić information content (AvgIpc) is 3.12. The van der Waals surface area contributed by atoms with Crippen molar-refractivity contribution in [2.75, 3.05) is 11.1 Å². The molecule has 9 heteroatoms. The summed E-state index contributed by atoms with van der Waals surface area (Å²) in [4.78, 5) is 32.6. The number of hydrogen-bond acceptors (Lipinski definition) is 6. The van der Waals surface area contributed by atoms with Gasteiger partial charge in [0.1, 0.15) is 10.9 Å². The molecule has 0 radical (unpaired) electrons. The normalized spacial score (nSPS) is 15.2. The van der Waals surface area contributed by atoms with Crippen LogP contribution in [-0.4, -0.2) is 21.2 Å². The highest BCUT2D eigenvalue weighted by Crippen LogP contribution is 2.36. The van der Waals surface area contributed by atoms with E-state index in [4.69, 9.17) is 21.8 Å². The molecule has 1 amide bonds. The van der Waals surface area contributed by atoms with Gasteiger partial charge in [-0.15, -0.1) is 17.9 Å². The van der Waals surface area contributed by atoms with E-state index < -0.39 is 0 Å². The lowest BCUT2D eigenvalue weighted by atomic mass is 9.89. The summed E-state index contributed by atoms with van der Waals surface area (Å²) >= 11 is 8.84. The lowest BCUT2D eigenvalue weighted by Gasteiger charge is -2.17. The Kier molecular flexibility index (Phi) is 6.70. The Balaban J connectivity index is 1.58. The fourth-order valence-corrected chi connectivity index (χ4v) is 6.27. The Morgan fingerprint density at radius 1 is 1.53 bits per heavy atom. The third-order valence-corrected chi connectivity index (χ3v) is 7.83. The summed E-state index contributed by atoms with van der Waals surface area (Å²) in [7, 11) is 0. The minimum absolute atomic E-state index is 0.0660. The van der Waals surface area contributed by atoms with Gasteiger partial charge in [0.05, 0.1) is 21.7 Å².